The molecule has 0 spiro atoms. The molecule has 130 valence electrons. The van der Waals surface area contributed by atoms with Gasteiger partial charge in [-0.05, 0) is 25.1 Å². The standard InChI is InChI=1S/C16H11ClF3N3O2/c1-8-13(15(24)25-2)14-21-11(9-3-5-10(17)6-4-9)7-12(16(18,19)20)23(14)22-8/h3-7H,1-2H3. The van der Waals surface area contributed by atoms with Gasteiger partial charge in [-0.15, -0.1) is 0 Å². The van der Waals surface area contributed by atoms with E-state index in [0.717, 1.165) is 13.2 Å². The first kappa shape index (κ1) is 17.2. The highest BCUT2D eigenvalue weighted by Crippen LogP contribution is 2.33. The molecule has 0 aliphatic heterocycles. The Labute approximate surface area is 145 Å². The second-order valence-electron chi connectivity index (χ2n) is 5.22. The highest BCUT2D eigenvalue weighted by atomic mass is 35.5. The van der Waals surface area contributed by atoms with Gasteiger partial charge in [-0.2, -0.15) is 18.3 Å². The van der Waals surface area contributed by atoms with Crippen molar-refractivity contribution >= 4 is 23.2 Å². The summed E-state index contributed by atoms with van der Waals surface area (Å²) in [6.45, 7) is 1.42. The summed E-state index contributed by atoms with van der Waals surface area (Å²) in [5.41, 5.74) is -0.805. The largest absolute Gasteiger partial charge is 0.465 e. The van der Waals surface area contributed by atoms with Gasteiger partial charge in [0, 0.05) is 10.6 Å². The minimum absolute atomic E-state index is 0.0431. The van der Waals surface area contributed by atoms with E-state index in [1.54, 1.807) is 24.3 Å². The first-order chi connectivity index (χ1) is 11.7. The smallest absolute Gasteiger partial charge is 0.433 e. The molecule has 5 nitrogen and oxygen atoms in total. The van der Waals surface area contributed by atoms with Gasteiger partial charge < -0.3 is 4.74 Å². The molecule has 0 radical (unpaired) electrons. The van der Waals surface area contributed by atoms with Crippen molar-refractivity contribution < 1.29 is 22.7 Å². The molecular formula is C16H11ClF3N3O2. The molecule has 0 aliphatic carbocycles. The number of aryl methyl sites for hydroxylation is 1. The average Bonchev–Trinajstić information content (AvgIpc) is 2.88. The van der Waals surface area contributed by atoms with Crippen LogP contribution in [-0.4, -0.2) is 27.7 Å². The number of carbonyl (C=O) groups is 1. The summed E-state index contributed by atoms with van der Waals surface area (Å²) in [5.74, 6) is -0.804. The Balaban J connectivity index is 2.36. The normalized spacial score (nSPS) is 11.8. The monoisotopic (exact) mass is 369 g/mol. The van der Waals surface area contributed by atoms with E-state index in [0.29, 0.717) is 15.1 Å². The van der Waals surface area contributed by atoms with Gasteiger partial charge in [0.15, 0.2) is 11.3 Å². The van der Waals surface area contributed by atoms with Crippen LogP contribution in [0.15, 0.2) is 30.3 Å². The molecule has 25 heavy (non-hydrogen) atoms. The van der Waals surface area contributed by atoms with Gasteiger partial charge >= 0.3 is 12.1 Å². The quantitative estimate of drug-likeness (QED) is 0.636. The lowest BCUT2D eigenvalue weighted by atomic mass is 10.1. The van der Waals surface area contributed by atoms with Crippen LogP contribution in [0.4, 0.5) is 13.2 Å². The van der Waals surface area contributed by atoms with Crippen molar-refractivity contribution in [3.05, 3.63) is 52.3 Å². The van der Waals surface area contributed by atoms with E-state index in [1.807, 2.05) is 0 Å². The summed E-state index contributed by atoms with van der Waals surface area (Å²) < 4.78 is 45.7. The van der Waals surface area contributed by atoms with Crippen LogP contribution in [0, 0.1) is 6.92 Å². The fourth-order valence-electron chi connectivity index (χ4n) is 2.43. The lowest BCUT2D eigenvalue weighted by Crippen LogP contribution is -2.14. The minimum Gasteiger partial charge on any atom is -0.465 e. The molecule has 2 aromatic heterocycles. The second-order valence-corrected chi connectivity index (χ2v) is 5.66. The van der Waals surface area contributed by atoms with Gasteiger partial charge in [0.2, 0.25) is 0 Å². The third kappa shape index (κ3) is 3.05. The zero-order valence-electron chi connectivity index (χ0n) is 13.1. The number of methoxy groups -OCH3 is 1. The second kappa shape index (κ2) is 6.03. The van der Waals surface area contributed by atoms with E-state index in [4.69, 9.17) is 11.6 Å². The molecule has 3 aromatic rings. The number of nitrogens with zero attached hydrogens (tertiary/aromatic N) is 3. The molecule has 2 heterocycles. The molecule has 1 aromatic carbocycles. The number of esters is 1. The van der Waals surface area contributed by atoms with Crippen molar-refractivity contribution in [2.45, 2.75) is 13.1 Å². The topological polar surface area (TPSA) is 56.5 Å². The van der Waals surface area contributed by atoms with Gasteiger partial charge in [0.05, 0.1) is 18.5 Å². The van der Waals surface area contributed by atoms with Gasteiger partial charge in [-0.1, -0.05) is 23.7 Å². The van der Waals surface area contributed by atoms with Crippen LogP contribution in [0.25, 0.3) is 16.9 Å². The van der Waals surface area contributed by atoms with Crippen molar-refractivity contribution in [1.29, 1.82) is 0 Å². The molecule has 3 rings (SSSR count). The number of hydrogen-bond acceptors (Lipinski definition) is 4. The number of rotatable bonds is 2. The predicted molar refractivity (Wildman–Crippen MR) is 84.5 cm³/mol. The van der Waals surface area contributed by atoms with Crippen LogP contribution in [0.2, 0.25) is 5.02 Å². The molecule has 0 atom stereocenters. The van der Waals surface area contributed by atoms with Crippen molar-refractivity contribution in [2.24, 2.45) is 0 Å². The summed E-state index contributed by atoms with van der Waals surface area (Å²) >= 11 is 5.81. The Morgan fingerprint density at radius 1 is 1.24 bits per heavy atom. The molecule has 0 saturated heterocycles. The number of benzene rings is 1. The van der Waals surface area contributed by atoms with E-state index in [-0.39, 0.29) is 22.6 Å². The van der Waals surface area contributed by atoms with Crippen molar-refractivity contribution in [2.75, 3.05) is 7.11 Å². The summed E-state index contributed by atoms with van der Waals surface area (Å²) in [6.07, 6.45) is -4.69. The number of aromatic nitrogens is 3. The van der Waals surface area contributed by atoms with Crippen LogP contribution >= 0.6 is 11.6 Å². The van der Waals surface area contributed by atoms with Crippen molar-refractivity contribution in [1.82, 2.24) is 14.6 Å². The first-order valence-electron chi connectivity index (χ1n) is 7.04. The molecular weight excluding hydrogens is 359 g/mol. The van der Waals surface area contributed by atoms with E-state index < -0.39 is 17.8 Å². The zero-order chi connectivity index (χ0) is 18.4. The maximum absolute atomic E-state index is 13.5. The van der Waals surface area contributed by atoms with Gasteiger partial charge in [-0.3, -0.25) is 0 Å². The number of ether oxygens (including phenoxy) is 1. The molecule has 0 amide bonds. The van der Waals surface area contributed by atoms with Crippen molar-refractivity contribution in [3.8, 4) is 11.3 Å². The Kier molecular flexibility index (Phi) is 4.16. The highest BCUT2D eigenvalue weighted by molar-refractivity contribution is 6.30. The summed E-state index contributed by atoms with van der Waals surface area (Å²) in [5, 5.41) is 4.25. The molecule has 0 saturated carbocycles. The SMILES string of the molecule is COC(=O)c1c(C)nn2c(C(F)(F)F)cc(-c3ccc(Cl)cc3)nc12. The predicted octanol–water partition coefficient (Wildman–Crippen LogP) is 4.16. The van der Waals surface area contributed by atoms with E-state index >= 15 is 0 Å². The molecule has 0 unspecified atom stereocenters. The third-order valence-corrected chi connectivity index (χ3v) is 3.84. The lowest BCUT2D eigenvalue weighted by molar-refractivity contribution is -0.142. The Morgan fingerprint density at radius 2 is 1.88 bits per heavy atom. The molecule has 9 heteroatoms. The number of halogens is 4. The zero-order valence-corrected chi connectivity index (χ0v) is 13.8. The van der Waals surface area contributed by atoms with Gasteiger partial charge in [0.25, 0.3) is 0 Å². The van der Waals surface area contributed by atoms with E-state index in [9.17, 15) is 18.0 Å². The van der Waals surface area contributed by atoms with Crippen molar-refractivity contribution in [3.63, 3.8) is 0 Å². The number of hydrogen-bond donors (Lipinski definition) is 0. The molecule has 0 N–H and O–H groups in total. The Hall–Kier alpha value is -2.61. The third-order valence-electron chi connectivity index (χ3n) is 3.58. The van der Waals surface area contributed by atoms with Crippen LogP contribution in [0.5, 0.6) is 0 Å². The fraction of sp³-hybridized carbons (Fsp3) is 0.188. The maximum Gasteiger partial charge on any atom is 0.433 e. The van der Waals surface area contributed by atoms with Crippen LogP contribution in [0.3, 0.4) is 0 Å². The number of fused-ring (bicyclic) bond motifs is 1. The van der Waals surface area contributed by atoms with Gasteiger partial charge in [0.1, 0.15) is 5.56 Å². The van der Waals surface area contributed by atoms with E-state index in [2.05, 4.69) is 14.8 Å². The summed E-state index contributed by atoms with van der Waals surface area (Å²) in [4.78, 5) is 16.1. The number of alkyl halides is 3. The fourth-order valence-corrected chi connectivity index (χ4v) is 2.56. The Bertz CT molecular complexity index is 965. The maximum atomic E-state index is 13.5. The number of carbonyl (C=O) groups excluding carboxylic acids is 1. The lowest BCUT2D eigenvalue weighted by Gasteiger charge is -2.11. The van der Waals surface area contributed by atoms with Gasteiger partial charge in [-0.25, -0.2) is 14.3 Å². The summed E-state index contributed by atoms with van der Waals surface area (Å²) in [6, 6.07) is 7.05. The average molecular weight is 370 g/mol. The Morgan fingerprint density at radius 3 is 2.44 bits per heavy atom. The summed E-state index contributed by atoms with van der Waals surface area (Å²) in [7, 11) is 1.14. The molecule has 0 aliphatic rings. The molecule has 0 bridgehead atoms. The van der Waals surface area contributed by atoms with Crippen LogP contribution in [0.1, 0.15) is 21.7 Å². The molecule has 0 fully saturated rings. The first-order valence-corrected chi connectivity index (χ1v) is 7.42. The van der Waals surface area contributed by atoms with Crippen LogP contribution < -0.4 is 0 Å². The minimum atomic E-state index is -4.69. The van der Waals surface area contributed by atoms with Crippen LogP contribution in [-0.2, 0) is 10.9 Å². The van der Waals surface area contributed by atoms with E-state index in [1.165, 1.54) is 6.92 Å². The highest BCUT2D eigenvalue weighted by Gasteiger charge is 2.36.